The summed E-state index contributed by atoms with van der Waals surface area (Å²) in [7, 11) is 0. The smallest absolute Gasteiger partial charge is 0.0596 e. The van der Waals surface area contributed by atoms with Gasteiger partial charge in [-0.3, -0.25) is 0 Å². The standard InChI is InChI=1S/C21H32O3/c1-20-9-7-13(12-19(23)24)11-14(20)3-4-15-16-5-6-18(22)21(16,2)10-8-17(15)20/h7,14-18,22H,3-6,8-12H2,1-2H3,(H,23,24)/p-1/t14-,15-,16-,17+,18-,20-,21-/m0/s1. The van der Waals surface area contributed by atoms with Gasteiger partial charge in [0.15, 0.2) is 0 Å². The molecule has 0 aromatic heterocycles. The molecule has 0 unspecified atom stereocenters. The van der Waals surface area contributed by atoms with Crippen LogP contribution in [0.1, 0.15) is 71.6 Å². The van der Waals surface area contributed by atoms with Crippen molar-refractivity contribution in [2.45, 2.75) is 77.7 Å². The zero-order valence-corrected chi connectivity index (χ0v) is 15.1. The number of carboxylic acid groups (broad SMARTS) is 1. The highest BCUT2D eigenvalue weighted by molar-refractivity contribution is 5.67. The van der Waals surface area contributed by atoms with Crippen LogP contribution in [0, 0.1) is 34.5 Å². The van der Waals surface area contributed by atoms with Crippen molar-refractivity contribution in [2.75, 3.05) is 0 Å². The van der Waals surface area contributed by atoms with Gasteiger partial charge in [-0.1, -0.05) is 25.5 Å². The largest absolute Gasteiger partial charge is 0.550 e. The van der Waals surface area contributed by atoms with Crippen molar-refractivity contribution >= 4 is 5.97 Å². The third-order valence-corrected chi connectivity index (χ3v) is 8.73. The van der Waals surface area contributed by atoms with Crippen LogP contribution in [0.2, 0.25) is 0 Å². The van der Waals surface area contributed by atoms with Gasteiger partial charge in [-0.05, 0) is 85.9 Å². The summed E-state index contributed by atoms with van der Waals surface area (Å²) >= 11 is 0. The summed E-state index contributed by atoms with van der Waals surface area (Å²) in [5.74, 6) is 1.90. The van der Waals surface area contributed by atoms with Crippen LogP contribution in [-0.4, -0.2) is 17.2 Å². The van der Waals surface area contributed by atoms with E-state index in [9.17, 15) is 15.0 Å². The number of allylic oxidation sites excluding steroid dienone is 1. The van der Waals surface area contributed by atoms with Crippen molar-refractivity contribution in [2.24, 2.45) is 34.5 Å². The van der Waals surface area contributed by atoms with Crippen LogP contribution in [-0.2, 0) is 4.79 Å². The maximum Gasteiger partial charge on any atom is 0.0596 e. The number of hydrogen-bond donors (Lipinski definition) is 1. The molecule has 4 rings (SSSR count). The van der Waals surface area contributed by atoms with Gasteiger partial charge >= 0.3 is 0 Å². The molecule has 3 fully saturated rings. The van der Waals surface area contributed by atoms with Crippen molar-refractivity contribution in [3.05, 3.63) is 11.6 Å². The number of hydrogen-bond acceptors (Lipinski definition) is 3. The van der Waals surface area contributed by atoms with Gasteiger partial charge in [-0.15, -0.1) is 0 Å². The molecule has 4 aliphatic rings. The maximum absolute atomic E-state index is 11.0. The first kappa shape index (κ1) is 16.6. The summed E-state index contributed by atoms with van der Waals surface area (Å²) < 4.78 is 0. The van der Waals surface area contributed by atoms with E-state index in [2.05, 4.69) is 19.9 Å². The molecule has 0 saturated heterocycles. The zero-order valence-electron chi connectivity index (χ0n) is 15.1. The lowest BCUT2D eigenvalue weighted by molar-refractivity contribution is -0.304. The fourth-order valence-corrected chi connectivity index (χ4v) is 7.25. The van der Waals surface area contributed by atoms with Gasteiger partial charge in [-0.25, -0.2) is 0 Å². The molecule has 3 heteroatoms. The van der Waals surface area contributed by atoms with E-state index in [-0.39, 0.29) is 17.9 Å². The second-order valence-corrected chi connectivity index (χ2v) is 9.61. The van der Waals surface area contributed by atoms with E-state index in [1.54, 1.807) is 0 Å². The monoisotopic (exact) mass is 331 g/mol. The zero-order chi connectivity index (χ0) is 17.1. The average molecular weight is 331 g/mol. The Labute approximate surface area is 145 Å². The Morgan fingerprint density at radius 1 is 1.17 bits per heavy atom. The van der Waals surface area contributed by atoms with E-state index in [0.29, 0.717) is 17.3 Å². The molecular weight excluding hydrogens is 300 g/mol. The highest BCUT2D eigenvalue weighted by Gasteiger charge is 2.59. The Balaban J connectivity index is 1.58. The lowest BCUT2D eigenvalue weighted by Gasteiger charge is -2.59. The molecule has 0 heterocycles. The molecule has 0 radical (unpaired) electrons. The lowest BCUT2D eigenvalue weighted by atomic mass is 9.45. The van der Waals surface area contributed by atoms with Gasteiger partial charge in [-0.2, -0.15) is 0 Å². The van der Waals surface area contributed by atoms with E-state index in [1.807, 2.05) is 0 Å². The second kappa shape index (κ2) is 5.59. The van der Waals surface area contributed by atoms with E-state index >= 15 is 0 Å². The molecule has 3 nitrogen and oxygen atoms in total. The van der Waals surface area contributed by atoms with Gasteiger partial charge in [0.2, 0.25) is 0 Å². The van der Waals surface area contributed by atoms with Gasteiger partial charge in [0.05, 0.1) is 6.10 Å². The number of aliphatic carboxylic acids is 1. The number of aliphatic hydroxyl groups is 1. The Morgan fingerprint density at radius 2 is 1.92 bits per heavy atom. The van der Waals surface area contributed by atoms with Crippen LogP contribution >= 0.6 is 0 Å². The van der Waals surface area contributed by atoms with Crippen LogP contribution in [0.15, 0.2) is 11.6 Å². The van der Waals surface area contributed by atoms with Crippen LogP contribution < -0.4 is 5.11 Å². The highest BCUT2D eigenvalue weighted by atomic mass is 16.4. The summed E-state index contributed by atoms with van der Waals surface area (Å²) in [5.41, 5.74) is 1.57. The first-order valence-electron chi connectivity index (χ1n) is 9.90. The predicted molar refractivity (Wildman–Crippen MR) is 90.8 cm³/mol. The Morgan fingerprint density at radius 3 is 2.67 bits per heavy atom. The topological polar surface area (TPSA) is 60.4 Å². The van der Waals surface area contributed by atoms with Gasteiger partial charge in [0.1, 0.15) is 0 Å². The predicted octanol–water partition coefficient (Wildman–Crippen LogP) is 3.07. The molecule has 24 heavy (non-hydrogen) atoms. The van der Waals surface area contributed by atoms with Gasteiger partial charge < -0.3 is 15.0 Å². The third-order valence-electron chi connectivity index (χ3n) is 8.73. The highest BCUT2D eigenvalue weighted by Crippen LogP contribution is 2.66. The maximum atomic E-state index is 11.0. The molecule has 0 spiro atoms. The van der Waals surface area contributed by atoms with E-state index in [0.717, 1.165) is 43.1 Å². The minimum Gasteiger partial charge on any atom is -0.550 e. The molecular formula is C21H31O3-. The number of carbonyl (C=O) groups excluding carboxylic acids is 1. The molecule has 0 aromatic rings. The molecule has 3 saturated carbocycles. The van der Waals surface area contributed by atoms with Crippen LogP contribution in [0.5, 0.6) is 0 Å². The summed E-state index contributed by atoms with van der Waals surface area (Å²) in [6.07, 6.45) is 11.3. The fraction of sp³-hybridized carbons (Fsp3) is 0.857. The van der Waals surface area contributed by atoms with Crippen LogP contribution in [0.3, 0.4) is 0 Å². The number of carboxylic acids is 1. The molecule has 134 valence electrons. The lowest BCUT2D eigenvalue weighted by Crippen LogP contribution is -2.53. The van der Waals surface area contributed by atoms with Gasteiger partial charge in [0.25, 0.3) is 0 Å². The minimum absolute atomic E-state index is 0.102. The molecule has 0 bridgehead atoms. The van der Waals surface area contributed by atoms with Crippen molar-refractivity contribution in [3.8, 4) is 0 Å². The number of rotatable bonds is 2. The molecule has 0 amide bonds. The Bertz CT molecular complexity index is 567. The summed E-state index contributed by atoms with van der Waals surface area (Å²) in [6, 6.07) is 0. The third kappa shape index (κ3) is 2.30. The summed E-state index contributed by atoms with van der Waals surface area (Å²) in [5, 5.41) is 21.5. The first-order chi connectivity index (χ1) is 11.3. The quantitative estimate of drug-likeness (QED) is 0.791. The normalized spacial score (nSPS) is 50.5. The van der Waals surface area contributed by atoms with Crippen molar-refractivity contribution in [1.82, 2.24) is 0 Å². The number of carbonyl (C=O) groups is 1. The number of fused-ring (bicyclic) bond motifs is 5. The fourth-order valence-electron chi connectivity index (χ4n) is 7.25. The van der Waals surface area contributed by atoms with E-state index in [1.165, 1.54) is 25.7 Å². The van der Waals surface area contributed by atoms with Crippen molar-refractivity contribution in [1.29, 1.82) is 0 Å². The average Bonchev–Trinajstić information content (AvgIpc) is 2.83. The number of aliphatic hydroxyl groups excluding tert-OH is 1. The van der Waals surface area contributed by atoms with Crippen molar-refractivity contribution in [3.63, 3.8) is 0 Å². The molecule has 0 aromatic carbocycles. The van der Waals surface area contributed by atoms with E-state index < -0.39 is 5.97 Å². The van der Waals surface area contributed by atoms with Crippen LogP contribution in [0.4, 0.5) is 0 Å². The van der Waals surface area contributed by atoms with Gasteiger partial charge in [0, 0.05) is 12.4 Å². The molecule has 4 aliphatic carbocycles. The van der Waals surface area contributed by atoms with Crippen molar-refractivity contribution < 1.29 is 15.0 Å². The minimum atomic E-state index is -0.938. The Hall–Kier alpha value is -0.830. The molecule has 0 aliphatic heterocycles. The molecule has 1 N–H and O–H groups in total. The summed E-state index contributed by atoms with van der Waals surface area (Å²) in [6.45, 7) is 4.80. The molecule has 7 atom stereocenters. The first-order valence-corrected chi connectivity index (χ1v) is 9.90. The Kier molecular flexibility index (Phi) is 3.87. The summed E-state index contributed by atoms with van der Waals surface area (Å²) in [4.78, 5) is 11.0. The second-order valence-electron chi connectivity index (χ2n) is 9.61. The SMILES string of the molecule is C[C@]12CC=C(CC(=O)[O-])C[C@@H]1CC[C@@H]1[C@H]2CC[C@]2(C)[C@@H](O)CC[C@@H]12. The van der Waals surface area contributed by atoms with Crippen LogP contribution in [0.25, 0.3) is 0 Å². The van der Waals surface area contributed by atoms with E-state index in [4.69, 9.17) is 0 Å².